The fourth-order valence-corrected chi connectivity index (χ4v) is 2.20. The van der Waals surface area contributed by atoms with Crippen LogP contribution in [0.25, 0.3) is 0 Å². The summed E-state index contributed by atoms with van der Waals surface area (Å²) in [6.45, 7) is 7.27. The number of aromatic nitrogens is 6. The number of halogens is 5. The molecule has 180 valence electrons. The van der Waals surface area contributed by atoms with E-state index < -0.39 is 0 Å². The fourth-order valence-electron chi connectivity index (χ4n) is 1.82. The predicted molar refractivity (Wildman–Crippen MR) is 142 cm³/mol. The Balaban J connectivity index is 0.000000431. The second-order valence-electron chi connectivity index (χ2n) is 5.70. The highest BCUT2D eigenvalue weighted by molar-refractivity contribution is 9.69. The topological polar surface area (TPSA) is 116 Å². The maximum Gasteiger partial charge on any atom is 0.369 e. The minimum absolute atomic E-state index is 0.116. The summed E-state index contributed by atoms with van der Waals surface area (Å²) in [5.74, 6) is 2.78. The van der Waals surface area contributed by atoms with Crippen molar-refractivity contribution in [1.29, 1.82) is 0 Å². The second kappa shape index (κ2) is 17.2. The molecule has 0 spiro atoms. The smallest absolute Gasteiger partial charge is 0.369 e. The van der Waals surface area contributed by atoms with Crippen LogP contribution in [0.1, 0.15) is 23.0 Å². The van der Waals surface area contributed by atoms with E-state index in [0.717, 1.165) is 17.3 Å². The van der Waals surface area contributed by atoms with Gasteiger partial charge in [-0.2, -0.15) is 0 Å². The minimum atomic E-state index is 0.116. The summed E-state index contributed by atoms with van der Waals surface area (Å²) in [6.07, 6.45) is 4.49. The zero-order valence-corrected chi connectivity index (χ0v) is 24.9. The van der Waals surface area contributed by atoms with E-state index in [1.807, 2.05) is 13.8 Å². The molecule has 0 aliphatic heterocycles. The van der Waals surface area contributed by atoms with Gasteiger partial charge < -0.3 is 14.6 Å². The van der Waals surface area contributed by atoms with Crippen LogP contribution in [0, 0.1) is 27.7 Å². The van der Waals surface area contributed by atoms with Crippen LogP contribution in [-0.4, -0.2) is 52.4 Å². The summed E-state index contributed by atoms with van der Waals surface area (Å²) >= 11 is 20.3. The van der Waals surface area contributed by atoms with Crippen molar-refractivity contribution in [2.75, 3.05) is 14.2 Å². The van der Waals surface area contributed by atoms with Crippen molar-refractivity contribution in [3.63, 3.8) is 0 Å². The molecule has 3 rings (SSSR count). The molecule has 0 amide bonds. The Labute approximate surface area is 228 Å². The molecule has 0 fully saturated rings. The van der Waals surface area contributed by atoms with Crippen LogP contribution in [0.2, 0.25) is 10.4 Å². The zero-order chi connectivity index (χ0) is 25.6. The molecule has 0 radical (unpaired) electrons. The number of aryl methyl sites for hydroxylation is 4. The lowest BCUT2D eigenvalue weighted by molar-refractivity contribution is 0.406. The summed E-state index contributed by atoms with van der Waals surface area (Å²) in [5, 5.41) is 9.26. The van der Waals surface area contributed by atoms with E-state index in [4.69, 9.17) is 37.8 Å². The Hall–Kier alpha value is -1.28. The maximum atomic E-state index is 8.92. The number of methoxy groups -OCH3 is 2. The van der Waals surface area contributed by atoms with Crippen molar-refractivity contribution in [3.8, 4) is 17.2 Å². The number of rotatable bonds is 2. The third kappa shape index (κ3) is 14.6. The van der Waals surface area contributed by atoms with E-state index in [2.05, 4.69) is 77.2 Å². The quantitative estimate of drug-likeness (QED) is 0.201. The molecule has 3 heterocycles. The van der Waals surface area contributed by atoms with E-state index in [0.29, 0.717) is 17.3 Å². The monoisotopic (exact) mass is 688 g/mol. The molecule has 0 bridgehead atoms. The van der Waals surface area contributed by atoms with Crippen LogP contribution >= 0.6 is 70.5 Å². The van der Waals surface area contributed by atoms with Gasteiger partial charge in [-0.3, -0.25) is 0 Å². The van der Waals surface area contributed by atoms with Crippen molar-refractivity contribution in [2.45, 2.75) is 27.7 Å². The third-order valence-corrected chi connectivity index (χ3v) is 3.70. The summed E-state index contributed by atoms with van der Waals surface area (Å²) < 4.78 is 10.0. The van der Waals surface area contributed by atoms with Gasteiger partial charge in [0.2, 0.25) is 5.28 Å². The lowest BCUT2D eigenvalue weighted by Gasteiger charge is -2.01. The van der Waals surface area contributed by atoms with Crippen LogP contribution in [0.3, 0.4) is 0 Å². The van der Waals surface area contributed by atoms with Crippen molar-refractivity contribution >= 4 is 73.7 Å². The highest BCUT2D eigenvalue weighted by atomic mass is 79.9. The molecule has 0 aliphatic rings. The Morgan fingerprint density at radius 3 is 1.61 bits per heavy atom. The van der Waals surface area contributed by atoms with Gasteiger partial charge in [0, 0.05) is 0 Å². The van der Waals surface area contributed by atoms with Gasteiger partial charge in [0.25, 0.3) is 0 Å². The van der Waals surface area contributed by atoms with E-state index in [-0.39, 0.29) is 19.4 Å². The standard InChI is InChI=1S/C7H10N2O.C6H8N2O.C5H4Cl2N2O.BBr3/c1-5-7(10-3)4-8-6(2)9-5;1-4-6(9)3-7-5(2)8-4;1-10-3-2-8-5(7)9-4(3)6;2-1(3)4/h4H,1-3H3;3,9H,1-2H3;2H,1H3;. The average molecular weight is 692 g/mol. The molecular formula is C18H22BBr3Cl2N6O3. The summed E-state index contributed by atoms with van der Waals surface area (Å²) in [5.41, 5.74) is 1.51. The molecule has 0 saturated heterocycles. The van der Waals surface area contributed by atoms with Crippen molar-refractivity contribution in [3.05, 3.63) is 52.1 Å². The first kappa shape index (κ1) is 31.7. The second-order valence-corrected chi connectivity index (χ2v) is 12.8. The summed E-state index contributed by atoms with van der Waals surface area (Å²) in [6, 6.07) is 0. The lowest BCUT2D eigenvalue weighted by atomic mass is 10.4. The van der Waals surface area contributed by atoms with Gasteiger partial charge >= 0.3 is 3.18 Å². The molecule has 9 nitrogen and oxygen atoms in total. The van der Waals surface area contributed by atoms with Crippen LogP contribution in [0.15, 0.2) is 18.6 Å². The molecule has 0 aliphatic carbocycles. The largest absolute Gasteiger partial charge is 0.504 e. The maximum absolute atomic E-state index is 8.92. The van der Waals surface area contributed by atoms with Crippen molar-refractivity contribution in [1.82, 2.24) is 29.9 Å². The van der Waals surface area contributed by atoms with E-state index in [1.165, 1.54) is 19.5 Å². The number of hydrogen-bond donors (Lipinski definition) is 1. The first-order valence-electron chi connectivity index (χ1n) is 8.88. The Kier molecular flexibility index (Phi) is 16.5. The van der Waals surface area contributed by atoms with E-state index >= 15 is 0 Å². The molecule has 3 aromatic heterocycles. The van der Waals surface area contributed by atoms with Gasteiger partial charge in [-0.15, -0.1) is 47.3 Å². The molecule has 33 heavy (non-hydrogen) atoms. The minimum Gasteiger partial charge on any atom is -0.504 e. The van der Waals surface area contributed by atoms with Gasteiger partial charge in [0.05, 0.1) is 44.2 Å². The first-order valence-corrected chi connectivity index (χ1v) is 12.4. The number of hydrogen-bond acceptors (Lipinski definition) is 9. The highest BCUT2D eigenvalue weighted by Gasteiger charge is 2.01. The van der Waals surface area contributed by atoms with Gasteiger partial charge in [0.1, 0.15) is 11.6 Å². The van der Waals surface area contributed by atoms with Crippen LogP contribution in [-0.2, 0) is 0 Å². The number of ether oxygens (including phenoxy) is 2. The van der Waals surface area contributed by atoms with Crippen LogP contribution in [0.4, 0.5) is 0 Å². The Morgan fingerprint density at radius 1 is 0.758 bits per heavy atom. The van der Waals surface area contributed by atoms with E-state index in [1.54, 1.807) is 27.2 Å². The average Bonchev–Trinajstić information content (AvgIpc) is 2.72. The van der Waals surface area contributed by atoms with Crippen molar-refractivity contribution in [2.24, 2.45) is 0 Å². The fraction of sp³-hybridized carbons (Fsp3) is 0.333. The molecule has 0 saturated carbocycles. The lowest BCUT2D eigenvalue weighted by Crippen LogP contribution is -1.94. The SMILES string of the molecule is BrB(Br)Br.COc1cnc(C)nc1C.COc1cnc(Cl)nc1Cl.Cc1ncc(O)c(C)n1. The summed E-state index contributed by atoms with van der Waals surface area (Å²) in [4.78, 5) is 23.1. The highest BCUT2D eigenvalue weighted by Crippen LogP contribution is 2.20. The molecule has 15 heteroatoms. The first-order chi connectivity index (χ1) is 15.4. The zero-order valence-electron chi connectivity index (χ0n) is 18.6. The Morgan fingerprint density at radius 2 is 1.21 bits per heavy atom. The van der Waals surface area contributed by atoms with Crippen LogP contribution in [0.5, 0.6) is 17.2 Å². The normalized spacial score (nSPS) is 9.18. The van der Waals surface area contributed by atoms with Crippen LogP contribution < -0.4 is 9.47 Å². The molecule has 0 aromatic carbocycles. The number of nitrogens with zero attached hydrogens (tertiary/aromatic N) is 6. The van der Waals surface area contributed by atoms with Crippen molar-refractivity contribution < 1.29 is 14.6 Å². The predicted octanol–water partition coefficient (Wildman–Crippen LogP) is 5.85. The molecule has 3 aromatic rings. The summed E-state index contributed by atoms with van der Waals surface area (Å²) in [7, 11) is 3.10. The molecule has 0 atom stereocenters. The van der Waals surface area contributed by atoms with Gasteiger partial charge in [-0.05, 0) is 39.3 Å². The Bertz CT molecular complexity index is 954. The molecule has 0 unspecified atom stereocenters. The molecule has 1 N–H and O–H groups in total. The van der Waals surface area contributed by atoms with Gasteiger partial charge in [0.15, 0.2) is 22.4 Å². The molecular weight excluding hydrogens is 670 g/mol. The third-order valence-electron chi connectivity index (χ3n) is 3.25. The van der Waals surface area contributed by atoms with Gasteiger partial charge in [-0.1, -0.05) is 11.6 Å². The van der Waals surface area contributed by atoms with Gasteiger partial charge in [-0.25, -0.2) is 29.9 Å². The van der Waals surface area contributed by atoms with E-state index in [9.17, 15) is 0 Å². The number of aromatic hydroxyl groups is 1.